The van der Waals surface area contributed by atoms with Crippen molar-refractivity contribution < 1.29 is 14.3 Å². The van der Waals surface area contributed by atoms with Gasteiger partial charge in [0.1, 0.15) is 17.3 Å². The number of ether oxygens (including phenoxy) is 2. The number of benzene rings is 3. The molecule has 4 aromatic rings. The van der Waals surface area contributed by atoms with Gasteiger partial charge in [0.15, 0.2) is 0 Å². The van der Waals surface area contributed by atoms with Crippen LogP contribution in [0.4, 0.5) is 5.69 Å². The molecule has 0 aliphatic carbocycles. The Morgan fingerprint density at radius 3 is 2.58 bits per heavy atom. The van der Waals surface area contributed by atoms with E-state index < -0.39 is 0 Å². The van der Waals surface area contributed by atoms with Crippen molar-refractivity contribution in [3.05, 3.63) is 83.1 Å². The number of carbonyl (C=O) groups excluding carboxylic acids is 1. The Hall–Kier alpha value is -3.51. The first-order valence-electron chi connectivity index (χ1n) is 10.8. The number of amides is 1. The zero-order valence-corrected chi connectivity index (χ0v) is 19.2. The van der Waals surface area contributed by atoms with Crippen molar-refractivity contribution in [1.82, 2.24) is 9.55 Å². The molecule has 0 radical (unpaired) electrons. The minimum absolute atomic E-state index is 0.0386. The molecule has 33 heavy (non-hydrogen) atoms. The molecule has 1 aromatic heterocycles. The van der Waals surface area contributed by atoms with Gasteiger partial charge in [-0.2, -0.15) is 0 Å². The predicted octanol–water partition coefficient (Wildman–Crippen LogP) is 5.28. The largest absolute Gasteiger partial charge is 0.497 e. The number of hydrogen-bond acceptors (Lipinski definition) is 4. The highest BCUT2D eigenvalue weighted by Gasteiger charge is 2.36. The van der Waals surface area contributed by atoms with Gasteiger partial charge in [0.25, 0.3) is 0 Å². The summed E-state index contributed by atoms with van der Waals surface area (Å²) in [6.45, 7) is 1.17. The summed E-state index contributed by atoms with van der Waals surface area (Å²) in [7, 11) is 3.22. The molecular weight excluding hydrogens is 438 g/mol. The van der Waals surface area contributed by atoms with Crippen LogP contribution in [0.2, 0.25) is 5.02 Å². The minimum atomic E-state index is -0.0480. The molecule has 0 unspecified atom stereocenters. The summed E-state index contributed by atoms with van der Waals surface area (Å²) in [6.07, 6.45) is 0.379. The van der Waals surface area contributed by atoms with Crippen molar-refractivity contribution in [2.75, 3.05) is 25.7 Å². The van der Waals surface area contributed by atoms with Crippen molar-refractivity contribution in [2.45, 2.75) is 18.9 Å². The van der Waals surface area contributed by atoms with E-state index in [4.69, 9.17) is 26.1 Å². The Kier molecular flexibility index (Phi) is 5.68. The number of imidazole rings is 1. The number of anilines is 1. The zero-order valence-electron chi connectivity index (χ0n) is 18.5. The van der Waals surface area contributed by atoms with Crippen LogP contribution in [0.5, 0.6) is 11.5 Å². The highest BCUT2D eigenvalue weighted by molar-refractivity contribution is 6.30. The number of methoxy groups -OCH3 is 2. The van der Waals surface area contributed by atoms with Gasteiger partial charge in [-0.15, -0.1) is 0 Å². The molecule has 0 spiro atoms. The summed E-state index contributed by atoms with van der Waals surface area (Å²) in [5.74, 6) is 2.21. The number of carbonyl (C=O) groups is 1. The van der Waals surface area contributed by atoms with Crippen molar-refractivity contribution in [3.63, 3.8) is 0 Å². The van der Waals surface area contributed by atoms with Crippen LogP contribution in [0, 0.1) is 0 Å². The summed E-state index contributed by atoms with van der Waals surface area (Å²) < 4.78 is 13.1. The summed E-state index contributed by atoms with van der Waals surface area (Å²) >= 11 is 6.08. The Morgan fingerprint density at radius 1 is 1.03 bits per heavy atom. The monoisotopic (exact) mass is 461 g/mol. The Balaban J connectivity index is 1.52. The van der Waals surface area contributed by atoms with Gasteiger partial charge in [-0.25, -0.2) is 4.98 Å². The van der Waals surface area contributed by atoms with Crippen molar-refractivity contribution in [1.29, 1.82) is 0 Å². The molecular formula is C26H24ClN3O3. The van der Waals surface area contributed by atoms with Gasteiger partial charge in [0.2, 0.25) is 5.91 Å². The lowest BCUT2D eigenvalue weighted by atomic mass is 10.1. The second-order valence-corrected chi connectivity index (χ2v) is 8.55. The molecule has 1 aliphatic rings. The minimum Gasteiger partial charge on any atom is -0.497 e. The number of fused-ring (bicyclic) bond motifs is 1. The topological polar surface area (TPSA) is 56.6 Å². The third kappa shape index (κ3) is 4.02. The maximum absolute atomic E-state index is 13.1. The SMILES string of the molecule is COc1ccc(OC)c(N2C[C@@H](c3nc4ccccc4n3Cc3ccc(Cl)cc3)CC2=O)c1. The molecule has 2 heterocycles. The van der Waals surface area contributed by atoms with E-state index in [9.17, 15) is 4.79 Å². The van der Waals surface area contributed by atoms with Gasteiger partial charge >= 0.3 is 0 Å². The van der Waals surface area contributed by atoms with E-state index in [0.29, 0.717) is 41.7 Å². The van der Waals surface area contributed by atoms with Gasteiger partial charge < -0.3 is 18.9 Å². The normalized spacial score (nSPS) is 15.9. The molecule has 168 valence electrons. The lowest BCUT2D eigenvalue weighted by Gasteiger charge is -2.20. The summed E-state index contributed by atoms with van der Waals surface area (Å²) in [4.78, 5) is 19.9. The van der Waals surface area contributed by atoms with E-state index in [1.165, 1.54) is 0 Å². The molecule has 7 heteroatoms. The maximum Gasteiger partial charge on any atom is 0.227 e. The van der Waals surface area contributed by atoms with Gasteiger partial charge in [0, 0.05) is 36.5 Å². The fraction of sp³-hybridized carbons (Fsp3) is 0.231. The molecule has 1 atom stereocenters. The third-order valence-electron chi connectivity index (χ3n) is 6.11. The molecule has 1 fully saturated rings. The van der Waals surface area contributed by atoms with Crippen LogP contribution in [-0.2, 0) is 11.3 Å². The number of hydrogen-bond donors (Lipinski definition) is 0. The van der Waals surface area contributed by atoms with Crippen LogP contribution >= 0.6 is 11.6 Å². The van der Waals surface area contributed by atoms with Crippen LogP contribution in [0.15, 0.2) is 66.7 Å². The standard InChI is InChI=1S/C26H24ClN3O3/c1-32-20-11-12-24(33-2)23(14-20)29-16-18(13-25(29)31)26-28-21-5-3-4-6-22(21)30(26)15-17-7-9-19(27)10-8-17/h3-12,14,18H,13,15-16H2,1-2H3/t18-/m0/s1. The molecule has 1 amide bonds. The van der Waals surface area contributed by atoms with Gasteiger partial charge in [-0.3, -0.25) is 4.79 Å². The van der Waals surface area contributed by atoms with Gasteiger partial charge in [-0.05, 0) is 42.0 Å². The van der Waals surface area contributed by atoms with Gasteiger partial charge in [-0.1, -0.05) is 35.9 Å². The number of aromatic nitrogens is 2. The molecule has 0 bridgehead atoms. The van der Waals surface area contributed by atoms with E-state index in [2.05, 4.69) is 10.6 Å². The van der Waals surface area contributed by atoms with Crippen LogP contribution < -0.4 is 14.4 Å². The van der Waals surface area contributed by atoms with Crippen LogP contribution in [0.25, 0.3) is 11.0 Å². The number of rotatable bonds is 6. The molecule has 5 rings (SSSR count). The molecule has 1 aliphatic heterocycles. The van der Waals surface area contributed by atoms with Crippen molar-refractivity contribution >= 4 is 34.2 Å². The first-order valence-corrected chi connectivity index (χ1v) is 11.2. The summed E-state index contributed by atoms with van der Waals surface area (Å²) in [5, 5.41) is 0.707. The van der Waals surface area contributed by atoms with Crippen molar-refractivity contribution in [3.8, 4) is 11.5 Å². The fourth-order valence-corrected chi connectivity index (χ4v) is 4.59. The average Bonchev–Trinajstić information content (AvgIpc) is 3.40. The predicted molar refractivity (Wildman–Crippen MR) is 130 cm³/mol. The number of halogens is 1. The molecule has 0 saturated carbocycles. The van der Waals surface area contributed by atoms with Crippen LogP contribution in [-0.4, -0.2) is 36.2 Å². The summed E-state index contributed by atoms with van der Waals surface area (Å²) in [6, 6.07) is 21.4. The van der Waals surface area contributed by atoms with Gasteiger partial charge in [0.05, 0.1) is 30.9 Å². The zero-order chi connectivity index (χ0) is 22.9. The smallest absolute Gasteiger partial charge is 0.227 e. The molecule has 0 N–H and O–H groups in total. The third-order valence-corrected chi connectivity index (χ3v) is 6.36. The van der Waals surface area contributed by atoms with E-state index in [1.54, 1.807) is 19.1 Å². The lowest BCUT2D eigenvalue weighted by Crippen LogP contribution is -2.25. The highest BCUT2D eigenvalue weighted by atomic mass is 35.5. The number of para-hydroxylation sites is 2. The highest BCUT2D eigenvalue weighted by Crippen LogP contribution is 2.39. The molecule has 3 aromatic carbocycles. The second kappa shape index (κ2) is 8.79. The maximum atomic E-state index is 13.1. The van der Waals surface area contributed by atoms with E-state index in [1.807, 2.05) is 60.7 Å². The van der Waals surface area contributed by atoms with Crippen LogP contribution in [0.3, 0.4) is 0 Å². The lowest BCUT2D eigenvalue weighted by molar-refractivity contribution is -0.117. The summed E-state index contributed by atoms with van der Waals surface area (Å²) in [5.41, 5.74) is 3.81. The van der Waals surface area contributed by atoms with Crippen molar-refractivity contribution in [2.24, 2.45) is 0 Å². The molecule has 6 nitrogen and oxygen atoms in total. The average molecular weight is 462 g/mol. The van der Waals surface area contributed by atoms with E-state index >= 15 is 0 Å². The molecule has 1 saturated heterocycles. The number of nitrogens with zero attached hydrogens (tertiary/aromatic N) is 3. The first-order chi connectivity index (χ1) is 16.1. The second-order valence-electron chi connectivity index (χ2n) is 8.11. The van der Waals surface area contributed by atoms with Crippen LogP contribution in [0.1, 0.15) is 23.7 Å². The fourth-order valence-electron chi connectivity index (χ4n) is 4.47. The Morgan fingerprint density at radius 2 is 1.82 bits per heavy atom. The quantitative estimate of drug-likeness (QED) is 0.392. The Labute approximate surface area is 197 Å². The first kappa shape index (κ1) is 21.3. The van der Waals surface area contributed by atoms with E-state index in [0.717, 1.165) is 22.4 Å². The van der Waals surface area contributed by atoms with E-state index in [-0.39, 0.29) is 11.8 Å². The Bertz CT molecular complexity index is 1320.